The van der Waals surface area contributed by atoms with Crippen molar-refractivity contribution in [1.82, 2.24) is 9.38 Å². The molecule has 18 heavy (non-hydrogen) atoms. The summed E-state index contributed by atoms with van der Waals surface area (Å²) in [4.78, 5) is 15.5. The first-order valence-electron chi connectivity index (χ1n) is 5.31. The number of aryl methyl sites for hydroxylation is 1. The maximum absolute atomic E-state index is 11.1. The normalized spacial score (nSPS) is 10.7. The van der Waals surface area contributed by atoms with Crippen molar-refractivity contribution in [2.45, 2.75) is 26.7 Å². The molecular weight excluding hydrogens is 247 g/mol. The van der Waals surface area contributed by atoms with Crippen LogP contribution in [0.4, 0.5) is 0 Å². The van der Waals surface area contributed by atoms with Gasteiger partial charge in [-0.3, -0.25) is 4.40 Å². The van der Waals surface area contributed by atoms with E-state index in [2.05, 4.69) is 4.98 Å². The Morgan fingerprint density at radius 2 is 2.06 bits per heavy atom. The topological polar surface area (TPSA) is 57.4 Å². The molecule has 0 radical (unpaired) electrons. The standard InChI is InChI=1S/C12H13ClN2O2.Li/c1-6(2)11-9-4-8(13)5-10(12(16)17)15(9)7(3)14-11;/h4-6H,1-3H3,(H,16,17);/q;+1/p-1. The summed E-state index contributed by atoms with van der Waals surface area (Å²) in [5, 5.41) is 11.5. The number of aromatic carboxylic acids is 1. The number of fused-ring (bicyclic) bond motifs is 1. The summed E-state index contributed by atoms with van der Waals surface area (Å²) in [5.41, 5.74) is 1.60. The van der Waals surface area contributed by atoms with Gasteiger partial charge in [-0.15, -0.1) is 0 Å². The zero-order valence-corrected chi connectivity index (χ0v) is 11.6. The van der Waals surface area contributed by atoms with Crippen LogP contribution in [0.15, 0.2) is 12.1 Å². The molecule has 0 atom stereocenters. The van der Waals surface area contributed by atoms with Gasteiger partial charge in [-0.05, 0) is 25.0 Å². The van der Waals surface area contributed by atoms with Gasteiger partial charge >= 0.3 is 18.9 Å². The summed E-state index contributed by atoms with van der Waals surface area (Å²) >= 11 is 5.92. The fourth-order valence-corrected chi connectivity index (χ4v) is 2.16. The van der Waals surface area contributed by atoms with Gasteiger partial charge in [0, 0.05) is 5.02 Å². The Morgan fingerprint density at radius 3 is 2.56 bits per heavy atom. The summed E-state index contributed by atoms with van der Waals surface area (Å²) in [6, 6.07) is 3.10. The molecule has 0 bridgehead atoms. The Hall–Kier alpha value is -0.953. The summed E-state index contributed by atoms with van der Waals surface area (Å²) in [6.45, 7) is 5.77. The number of halogens is 1. The second-order valence-corrected chi connectivity index (χ2v) is 4.70. The van der Waals surface area contributed by atoms with Gasteiger partial charge in [0.25, 0.3) is 0 Å². The molecule has 0 saturated carbocycles. The molecule has 0 aromatic carbocycles. The van der Waals surface area contributed by atoms with E-state index in [4.69, 9.17) is 11.6 Å². The van der Waals surface area contributed by atoms with Crippen LogP contribution in [-0.4, -0.2) is 15.4 Å². The van der Waals surface area contributed by atoms with E-state index in [-0.39, 0.29) is 30.5 Å². The smallest absolute Gasteiger partial charge is 0.543 e. The molecule has 4 nitrogen and oxygen atoms in total. The Kier molecular flexibility index (Phi) is 4.49. The number of carboxylic acids is 1. The maximum Gasteiger partial charge on any atom is 1.00 e. The predicted octanol–water partition coefficient (Wildman–Crippen LogP) is -1.21. The van der Waals surface area contributed by atoms with Crippen molar-refractivity contribution in [1.29, 1.82) is 0 Å². The van der Waals surface area contributed by atoms with E-state index in [9.17, 15) is 9.90 Å². The molecule has 0 saturated heterocycles. The van der Waals surface area contributed by atoms with Crippen LogP contribution >= 0.6 is 11.6 Å². The number of aromatic nitrogens is 2. The van der Waals surface area contributed by atoms with Crippen molar-refractivity contribution in [3.63, 3.8) is 0 Å². The van der Waals surface area contributed by atoms with Gasteiger partial charge in [0.05, 0.1) is 22.9 Å². The van der Waals surface area contributed by atoms with E-state index < -0.39 is 5.97 Å². The molecule has 0 spiro atoms. The molecule has 0 aliphatic rings. The third-order valence-corrected chi connectivity index (χ3v) is 2.87. The second-order valence-electron chi connectivity index (χ2n) is 4.27. The van der Waals surface area contributed by atoms with E-state index in [0.717, 1.165) is 11.2 Å². The van der Waals surface area contributed by atoms with Crippen LogP contribution in [0, 0.1) is 6.92 Å². The first-order chi connectivity index (χ1) is 7.91. The zero-order valence-electron chi connectivity index (χ0n) is 10.8. The summed E-state index contributed by atoms with van der Waals surface area (Å²) in [5.74, 6) is -0.431. The molecule has 6 heteroatoms. The number of hydrogen-bond acceptors (Lipinski definition) is 3. The molecule has 0 aliphatic carbocycles. The number of rotatable bonds is 2. The summed E-state index contributed by atoms with van der Waals surface area (Å²) in [6.07, 6.45) is 0. The molecule has 0 unspecified atom stereocenters. The van der Waals surface area contributed by atoms with Gasteiger partial charge in [0.2, 0.25) is 0 Å². The van der Waals surface area contributed by atoms with Gasteiger partial charge in [-0.1, -0.05) is 25.4 Å². The number of nitrogens with zero attached hydrogens (tertiary/aromatic N) is 2. The molecule has 0 aliphatic heterocycles. The number of carbonyl (C=O) groups is 1. The molecule has 90 valence electrons. The first-order valence-corrected chi connectivity index (χ1v) is 5.69. The Labute approximate surface area is 122 Å². The minimum Gasteiger partial charge on any atom is -0.543 e. The van der Waals surface area contributed by atoms with Gasteiger partial charge in [-0.25, -0.2) is 4.98 Å². The van der Waals surface area contributed by atoms with Gasteiger partial charge < -0.3 is 9.90 Å². The summed E-state index contributed by atoms with van der Waals surface area (Å²) in [7, 11) is 0. The predicted molar refractivity (Wildman–Crippen MR) is 63.4 cm³/mol. The van der Waals surface area contributed by atoms with Gasteiger partial charge in [0.15, 0.2) is 0 Å². The van der Waals surface area contributed by atoms with E-state index in [1.165, 1.54) is 6.07 Å². The Bertz CT molecular complexity index is 608. The number of carbonyl (C=O) groups excluding carboxylic acids is 1. The van der Waals surface area contributed by atoms with E-state index in [0.29, 0.717) is 10.8 Å². The third kappa shape index (κ3) is 2.42. The third-order valence-electron chi connectivity index (χ3n) is 2.66. The van der Waals surface area contributed by atoms with Gasteiger partial charge in [-0.2, -0.15) is 0 Å². The molecule has 2 aromatic rings. The molecule has 0 amide bonds. The minimum atomic E-state index is -1.26. The molecule has 2 rings (SSSR count). The van der Waals surface area contributed by atoms with Crippen LogP contribution in [0.5, 0.6) is 0 Å². The second kappa shape index (κ2) is 5.36. The van der Waals surface area contributed by atoms with Crippen molar-refractivity contribution in [2.24, 2.45) is 0 Å². The number of carboxylic acid groups (broad SMARTS) is 1. The number of pyridine rings is 1. The van der Waals surface area contributed by atoms with E-state index >= 15 is 0 Å². The largest absolute Gasteiger partial charge is 1.00 e. The minimum absolute atomic E-state index is 0. The van der Waals surface area contributed by atoms with E-state index in [1.54, 1.807) is 17.4 Å². The fraction of sp³-hybridized carbons (Fsp3) is 0.333. The quantitative estimate of drug-likeness (QED) is 0.635. The van der Waals surface area contributed by atoms with Crippen LogP contribution in [0.3, 0.4) is 0 Å². The average molecular weight is 259 g/mol. The molecule has 0 N–H and O–H groups in total. The molecule has 0 fully saturated rings. The number of imidazole rings is 1. The van der Waals surface area contributed by atoms with Crippen LogP contribution < -0.4 is 24.0 Å². The zero-order chi connectivity index (χ0) is 12.7. The fourth-order valence-electron chi connectivity index (χ4n) is 1.96. The van der Waals surface area contributed by atoms with Crippen LogP contribution in [-0.2, 0) is 0 Å². The van der Waals surface area contributed by atoms with Crippen molar-refractivity contribution in [3.8, 4) is 0 Å². The van der Waals surface area contributed by atoms with Gasteiger partial charge in [0.1, 0.15) is 5.82 Å². The molecular formula is C12H12ClLiN2O2. The Balaban J connectivity index is 0.00000162. The van der Waals surface area contributed by atoms with Crippen molar-refractivity contribution >= 4 is 23.1 Å². The van der Waals surface area contributed by atoms with Crippen LogP contribution in [0.2, 0.25) is 5.02 Å². The Morgan fingerprint density at radius 1 is 1.44 bits per heavy atom. The monoisotopic (exact) mass is 258 g/mol. The number of hydrogen-bond donors (Lipinski definition) is 0. The average Bonchev–Trinajstić information content (AvgIpc) is 2.54. The van der Waals surface area contributed by atoms with Crippen molar-refractivity contribution in [3.05, 3.63) is 34.4 Å². The molecule has 2 aromatic heterocycles. The van der Waals surface area contributed by atoms with E-state index in [1.807, 2.05) is 13.8 Å². The maximum atomic E-state index is 11.1. The van der Waals surface area contributed by atoms with Crippen LogP contribution in [0.1, 0.15) is 41.8 Å². The molecule has 2 heterocycles. The van der Waals surface area contributed by atoms with Crippen molar-refractivity contribution in [2.75, 3.05) is 0 Å². The SMILES string of the molecule is Cc1nc(C(C)C)c2cc(Cl)cc(C(=O)[O-])n12.[Li+]. The van der Waals surface area contributed by atoms with Crippen molar-refractivity contribution < 1.29 is 28.8 Å². The summed E-state index contributed by atoms with van der Waals surface area (Å²) < 4.78 is 1.57. The first kappa shape index (κ1) is 15.1. The van der Waals surface area contributed by atoms with Crippen LogP contribution in [0.25, 0.3) is 5.52 Å².